The van der Waals surface area contributed by atoms with Gasteiger partial charge in [-0.05, 0) is 34.1 Å². The summed E-state index contributed by atoms with van der Waals surface area (Å²) in [5.41, 5.74) is 5.80. The van der Waals surface area contributed by atoms with Crippen LogP contribution in [0.15, 0.2) is 0 Å². The van der Waals surface area contributed by atoms with Gasteiger partial charge in [0.05, 0.1) is 17.8 Å². The molecule has 102 valence electrons. The highest BCUT2D eigenvalue weighted by atomic mass is 16.5. The third-order valence-electron chi connectivity index (χ3n) is 3.52. The van der Waals surface area contributed by atoms with Crippen LogP contribution in [0.4, 0.5) is 0 Å². The standard InChI is InChI=1S/C13H28N2O2/c1-10-8-15(9-11(2)17-10)12(7-14)6-13(3,4)16-5/h10-12H,6-9,14H2,1-5H3. The van der Waals surface area contributed by atoms with Crippen LogP contribution >= 0.6 is 0 Å². The number of rotatable bonds is 5. The number of methoxy groups -OCH3 is 1. The monoisotopic (exact) mass is 244 g/mol. The maximum absolute atomic E-state index is 5.92. The lowest BCUT2D eigenvalue weighted by Crippen LogP contribution is -2.54. The minimum atomic E-state index is -0.116. The van der Waals surface area contributed by atoms with Crippen molar-refractivity contribution in [3.63, 3.8) is 0 Å². The molecule has 0 radical (unpaired) electrons. The Labute approximate surface area is 105 Å². The van der Waals surface area contributed by atoms with Crippen molar-refractivity contribution in [2.75, 3.05) is 26.7 Å². The van der Waals surface area contributed by atoms with E-state index in [4.69, 9.17) is 15.2 Å². The summed E-state index contributed by atoms with van der Waals surface area (Å²) in [6, 6.07) is 0.374. The maximum Gasteiger partial charge on any atom is 0.0678 e. The van der Waals surface area contributed by atoms with Crippen LogP contribution in [-0.4, -0.2) is 55.5 Å². The summed E-state index contributed by atoms with van der Waals surface area (Å²) in [5, 5.41) is 0. The fraction of sp³-hybridized carbons (Fsp3) is 1.00. The lowest BCUT2D eigenvalue weighted by molar-refractivity contribution is -0.0908. The Morgan fingerprint density at radius 3 is 2.29 bits per heavy atom. The highest BCUT2D eigenvalue weighted by Gasteiger charge is 2.31. The van der Waals surface area contributed by atoms with Gasteiger partial charge in [-0.15, -0.1) is 0 Å². The summed E-state index contributed by atoms with van der Waals surface area (Å²) in [6.45, 7) is 11.1. The molecule has 0 aromatic rings. The lowest BCUT2D eigenvalue weighted by Gasteiger charge is -2.42. The van der Waals surface area contributed by atoms with E-state index in [9.17, 15) is 0 Å². The quantitative estimate of drug-likeness (QED) is 0.790. The van der Waals surface area contributed by atoms with Crippen LogP contribution in [0.1, 0.15) is 34.1 Å². The normalized spacial score (nSPS) is 29.3. The summed E-state index contributed by atoms with van der Waals surface area (Å²) in [4.78, 5) is 2.44. The fourth-order valence-electron chi connectivity index (χ4n) is 2.53. The summed E-state index contributed by atoms with van der Waals surface area (Å²) in [5.74, 6) is 0. The number of morpholine rings is 1. The highest BCUT2D eigenvalue weighted by Crippen LogP contribution is 2.21. The van der Waals surface area contributed by atoms with Crippen molar-refractivity contribution >= 4 is 0 Å². The molecule has 1 aliphatic heterocycles. The average Bonchev–Trinajstić information content (AvgIpc) is 2.24. The predicted octanol–water partition coefficient (Wildman–Crippen LogP) is 1.24. The topological polar surface area (TPSA) is 47.7 Å². The molecule has 2 N–H and O–H groups in total. The zero-order valence-corrected chi connectivity index (χ0v) is 11.9. The zero-order valence-electron chi connectivity index (χ0n) is 11.9. The maximum atomic E-state index is 5.92. The number of hydrogen-bond acceptors (Lipinski definition) is 4. The SMILES string of the molecule is COC(C)(C)CC(CN)N1CC(C)OC(C)C1. The molecule has 17 heavy (non-hydrogen) atoms. The van der Waals surface area contributed by atoms with E-state index in [2.05, 4.69) is 32.6 Å². The molecular weight excluding hydrogens is 216 g/mol. The third kappa shape index (κ3) is 4.54. The van der Waals surface area contributed by atoms with Gasteiger partial charge in [0.2, 0.25) is 0 Å². The van der Waals surface area contributed by atoms with Crippen LogP contribution in [0.2, 0.25) is 0 Å². The minimum absolute atomic E-state index is 0.116. The van der Waals surface area contributed by atoms with Crippen LogP contribution < -0.4 is 5.73 Å². The zero-order chi connectivity index (χ0) is 13.1. The molecular formula is C13H28N2O2. The number of hydrogen-bond donors (Lipinski definition) is 1. The van der Waals surface area contributed by atoms with Crippen molar-refractivity contribution in [1.29, 1.82) is 0 Å². The van der Waals surface area contributed by atoms with Gasteiger partial charge in [0, 0.05) is 32.8 Å². The van der Waals surface area contributed by atoms with Gasteiger partial charge in [-0.2, -0.15) is 0 Å². The second-order valence-electron chi connectivity index (χ2n) is 5.77. The van der Waals surface area contributed by atoms with E-state index in [-0.39, 0.29) is 5.60 Å². The molecule has 4 heteroatoms. The molecule has 1 rings (SSSR count). The summed E-state index contributed by atoms with van der Waals surface area (Å²) in [7, 11) is 1.76. The van der Waals surface area contributed by atoms with E-state index in [1.165, 1.54) is 0 Å². The Balaban J connectivity index is 2.60. The molecule has 4 nitrogen and oxygen atoms in total. The van der Waals surface area contributed by atoms with Crippen molar-refractivity contribution in [3.8, 4) is 0 Å². The first kappa shape index (κ1) is 14.9. The van der Waals surface area contributed by atoms with Crippen molar-refractivity contribution in [1.82, 2.24) is 4.90 Å². The molecule has 1 fully saturated rings. The van der Waals surface area contributed by atoms with E-state index in [0.717, 1.165) is 19.5 Å². The van der Waals surface area contributed by atoms with E-state index >= 15 is 0 Å². The van der Waals surface area contributed by atoms with Gasteiger partial charge in [-0.1, -0.05) is 0 Å². The molecule has 0 saturated carbocycles. The third-order valence-corrected chi connectivity index (χ3v) is 3.52. The molecule has 0 bridgehead atoms. The minimum Gasteiger partial charge on any atom is -0.379 e. The van der Waals surface area contributed by atoms with E-state index in [1.807, 2.05) is 0 Å². The molecule has 3 unspecified atom stereocenters. The van der Waals surface area contributed by atoms with Crippen LogP contribution in [0.25, 0.3) is 0 Å². The Hall–Kier alpha value is -0.160. The van der Waals surface area contributed by atoms with Gasteiger partial charge in [0.15, 0.2) is 0 Å². The predicted molar refractivity (Wildman–Crippen MR) is 70.1 cm³/mol. The summed E-state index contributed by atoms with van der Waals surface area (Å²) in [6.07, 6.45) is 1.54. The molecule has 1 aliphatic rings. The summed E-state index contributed by atoms with van der Waals surface area (Å²) >= 11 is 0. The Bertz CT molecular complexity index is 223. The second-order valence-corrected chi connectivity index (χ2v) is 5.77. The van der Waals surface area contributed by atoms with Crippen molar-refractivity contribution in [2.45, 2.75) is 58.0 Å². The van der Waals surface area contributed by atoms with Crippen LogP contribution in [0, 0.1) is 0 Å². The molecule has 1 heterocycles. The fourth-order valence-corrected chi connectivity index (χ4v) is 2.53. The van der Waals surface area contributed by atoms with Gasteiger partial charge in [0.1, 0.15) is 0 Å². The van der Waals surface area contributed by atoms with E-state index in [1.54, 1.807) is 7.11 Å². The second kappa shape index (κ2) is 6.14. The smallest absolute Gasteiger partial charge is 0.0678 e. The Morgan fingerprint density at radius 1 is 1.35 bits per heavy atom. The molecule has 0 aliphatic carbocycles. The van der Waals surface area contributed by atoms with Crippen LogP contribution in [-0.2, 0) is 9.47 Å². The number of nitrogens with zero attached hydrogens (tertiary/aromatic N) is 1. The lowest BCUT2D eigenvalue weighted by atomic mass is 9.96. The summed E-state index contributed by atoms with van der Waals surface area (Å²) < 4.78 is 11.3. The first-order valence-electron chi connectivity index (χ1n) is 6.52. The Morgan fingerprint density at radius 2 is 1.88 bits per heavy atom. The van der Waals surface area contributed by atoms with Crippen molar-refractivity contribution < 1.29 is 9.47 Å². The van der Waals surface area contributed by atoms with E-state index in [0.29, 0.717) is 24.8 Å². The van der Waals surface area contributed by atoms with Gasteiger partial charge in [-0.25, -0.2) is 0 Å². The number of nitrogens with two attached hydrogens (primary N) is 1. The molecule has 0 spiro atoms. The Kier molecular flexibility index (Phi) is 5.38. The highest BCUT2D eigenvalue weighted by molar-refractivity contribution is 4.85. The van der Waals surface area contributed by atoms with Crippen LogP contribution in [0.5, 0.6) is 0 Å². The van der Waals surface area contributed by atoms with Crippen molar-refractivity contribution in [2.24, 2.45) is 5.73 Å². The molecule has 0 amide bonds. The van der Waals surface area contributed by atoms with Crippen LogP contribution in [0.3, 0.4) is 0 Å². The van der Waals surface area contributed by atoms with E-state index < -0.39 is 0 Å². The largest absolute Gasteiger partial charge is 0.379 e. The first-order chi connectivity index (χ1) is 7.88. The first-order valence-corrected chi connectivity index (χ1v) is 6.52. The molecule has 3 atom stereocenters. The molecule has 1 saturated heterocycles. The van der Waals surface area contributed by atoms with Gasteiger partial charge >= 0.3 is 0 Å². The average molecular weight is 244 g/mol. The van der Waals surface area contributed by atoms with Crippen molar-refractivity contribution in [3.05, 3.63) is 0 Å². The molecule has 0 aromatic carbocycles. The number of ether oxygens (including phenoxy) is 2. The van der Waals surface area contributed by atoms with Gasteiger partial charge < -0.3 is 15.2 Å². The van der Waals surface area contributed by atoms with Gasteiger partial charge in [-0.3, -0.25) is 4.90 Å². The molecule has 0 aromatic heterocycles. The van der Waals surface area contributed by atoms with Gasteiger partial charge in [0.25, 0.3) is 0 Å².